The molecule has 0 atom stereocenters. The molecule has 2 rings (SSSR count). The lowest BCUT2D eigenvalue weighted by atomic mass is 10.2. The number of hydrogen-bond acceptors (Lipinski definition) is 4. The third-order valence-electron chi connectivity index (χ3n) is 3.66. The summed E-state index contributed by atoms with van der Waals surface area (Å²) in [5, 5.41) is 1.03. The maximum absolute atomic E-state index is 12.1. The van der Waals surface area contributed by atoms with Gasteiger partial charge in [-0.2, -0.15) is 0 Å². The Labute approximate surface area is 140 Å². The van der Waals surface area contributed by atoms with Crippen LogP contribution in [0.1, 0.15) is 19.7 Å². The first-order valence-electron chi connectivity index (χ1n) is 7.59. The van der Waals surface area contributed by atoms with E-state index in [4.69, 9.17) is 11.6 Å². The van der Waals surface area contributed by atoms with E-state index in [1.807, 2.05) is 25.8 Å². The predicted molar refractivity (Wildman–Crippen MR) is 91.6 cm³/mol. The van der Waals surface area contributed by atoms with Crippen molar-refractivity contribution in [1.82, 2.24) is 19.8 Å². The number of benzene rings is 1. The lowest BCUT2D eigenvalue weighted by Gasteiger charge is -2.22. The molecule has 6 nitrogen and oxygen atoms in total. The Bertz CT molecular complexity index is 755. The summed E-state index contributed by atoms with van der Waals surface area (Å²) >= 11 is 5.95. The van der Waals surface area contributed by atoms with Crippen molar-refractivity contribution in [2.75, 3.05) is 26.7 Å². The number of carbonyl (C=O) groups is 1. The molecule has 1 N–H and O–H groups in total. The summed E-state index contributed by atoms with van der Waals surface area (Å²) in [6.07, 6.45) is 0. The van der Waals surface area contributed by atoms with Crippen molar-refractivity contribution in [2.45, 2.75) is 20.4 Å². The van der Waals surface area contributed by atoms with Crippen molar-refractivity contribution in [3.8, 4) is 0 Å². The summed E-state index contributed by atoms with van der Waals surface area (Å²) < 4.78 is 0. The molecule has 0 saturated carbocycles. The number of H-pyrrole nitrogens is 1. The number of rotatable bonds is 6. The van der Waals surface area contributed by atoms with Crippen molar-refractivity contribution in [2.24, 2.45) is 0 Å². The molecule has 1 aromatic carbocycles. The van der Waals surface area contributed by atoms with Crippen molar-refractivity contribution >= 4 is 28.4 Å². The molecule has 0 spiro atoms. The largest absolute Gasteiger partial charge is 0.342 e. The summed E-state index contributed by atoms with van der Waals surface area (Å²) in [5.41, 5.74) is 0.352. The quantitative estimate of drug-likeness (QED) is 0.874. The average Bonchev–Trinajstić information content (AvgIpc) is 2.47. The standard InChI is InChI=1S/C16H21ClN4O2/c1-4-21(5-2)15(22)10-20(3)9-14-18-13-8-11(17)6-7-12(13)16(23)19-14/h6-8H,4-5,9-10H2,1-3H3,(H,18,19,23). The lowest BCUT2D eigenvalue weighted by Crippen LogP contribution is -2.38. The van der Waals surface area contributed by atoms with E-state index in [1.165, 1.54) is 0 Å². The lowest BCUT2D eigenvalue weighted by molar-refractivity contribution is -0.131. The summed E-state index contributed by atoms with van der Waals surface area (Å²) in [4.78, 5) is 35.0. The molecule has 0 aliphatic heterocycles. The number of amides is 1. The highest BCUT2D eigenvalue weighted by Crippen LogP contribution is 2.14. The van der Waals surface area contributed by atoms with E-state index in [0.29, 0.717) is 41.4 Å². The Kier molecular flexibility index (Phi) is 5.74. The van der Waals surface area contributed by atoms with Crippen molar-refractivity contribution in [3.05, 3.63) is 39.4 Å². The molecule has 0 aliphatic carbocycles. The fraction of sp³-hybridized carbons (Fsp3) is 0.438. The van der Waals surface area contributed by atoms with Gasteiger partial charge in [0.25, 0.3) is 5.56 Å². The van der Waals surface area contributed by atoms with Crippen LogP contribution in [0.3, 0.4) is 0 Å². The molecule has 0 fully saturated rings. The number of nitrogens with one attached hydrogen (secondary N) is 1. The Balaban J connectivity index is 2.15. The molecule has 0 unspecified atom stereocenters. The normalized spacial score (nSPS) is 11.2. The second kappa shape index (κ2) is 7.57. The fourth-order valence-electron chi connectivity index (χ4n) is 2.45. The van der Waals surface area contributed by atoms with Crippen LogP contribution < -0.4 is 5.56 Å². The zero-order valence-electron chi connectivity index (χ0n) is 13.6. The van der Waals surface area contributed by atoms with Crippen LogP contribution in [0.5, 0.6) is 0 Å². The molecule has 0 aliphatic rings. The number of halogens is 1. The first-order valence-corrected chi connectivity index (χ1v) is 7.97. The minimum Gasteiger partial charge on any atom is -0.342 e. The molecule has 1 amide bonds. The monoisotopic (exact) mass is 336 g/mol. The highest BCUT2D eigenvalue weighted by Gasteiger charge is 2.14. The number of fused-ring (bicyclic) bond motifs is 1. The second-order valence-corrected chi connectivity index (χ2v) is 5.85. The van der Waals surface area contributed by atoms with Gasteiger partial charge >= 0.3 is 0 Å². The molecule has 124 valence electrons. The first-order chi connectivity index (χ1) is 10.9. The predicted octanol–water partition coefficient (Wildman–Crippen LogP) is 1.88. The van der Waals surface area contributed by atoms with Gasteiger partial charge < -0.3 is 9.88 Å². The summed E-state index contributed by atoms with van der Waals surface area (Å²) in [6.45, 7) is 5.93. The molecule has 0 saturated heterocycles. The molecule has 0 radical (unpaired) electrons. The van der Waals surface area contributed by atoms with Gasteiger partial charge in [0.05, 0.1) is 24.0 Å². The van der Waals surface area contributed by atoms with E-state index in [0.717, 1.165) is 0 Å². The minimum absolute atomic E-state index is 0.0590. The molecule has 1 aromatic heterocycles. The molecule has 2 aromatic rings. The Morgan fingerprint density at radius 3 is 2.65 bits per heavy atom. The zero-order valence-corrected chi connectivity index (χ0v) is 14.4. The van der Waals surface area contributed by atoms with Crippen LogP contribution in [0.4, 0.5) is 0 Å². The van der Waals surface area contributed by atoms with Crippen LogP contribution in [0.15, 0.2) is 23.0 Å². The summed E-state index contributed by atoms with van der Waals surface area (Å²) in [7, 11) is 1.82. The van der Waals surface area contributed by atoms with Crippen molar-refractivity contribution < 1.29 is 4.79 Å². The number of aromatic nitrogens is 2. The number of nitrogens with zero attached hydrogens (tertiary/aromatic N) is 3. The topological polar surface area (TPSA) is 69.3 Å². The third-order valence-corrected chi connectivity index (χ3v) is 3.89. The number of carbonyl (C=O) groups excluding carboxylic acids is 1. The highest BCUT2D eigenvalue weighted by molar-refractivity contribution is 6.31. The van der Waals surface area contributed by atoms with Gasteiger partial charge in [0, 0.05) is 18.1 Å². The SMILES string of the molecule is CCN(CC)C(=O)CN(C)Cc1nc2cc(Cl)ccc2c(=O)[nH]1. The number of aromatic amines is 1. The van der Waals surface area contributed by atoms with Crippen LogP contribution in [-0.2, 0) is 11.3 Å². The van der Waals surface area contributed by atoms with E-state index in [2.05, 4.69) is 9.97 Å². The summed E-state index contributed by atoms with van der Waals surface area (Å²) in [6, 6.07) is 4.98. The second-order valence-electron chi connectivity index (χ2n) is 5.41. The van der Waals surface area contributed by atoms with Crippen LogP contribution in [0.2, 0.25) is 5.02 Å². The van der Waals surface area contributed by atoms with Gasteiger partial charge in [0.2, 0.25) is 5.91 Å². The maximum Gasteiger partial charge on any atom is 0.258 e. The third kappa shape index (κ3) is 4.30. The average molecular weight is 337 g/mol. The Morgan fingerprint density at radius 2 is 2.00 bits per heavy atom. The highest BCUT2D eigenvalue weighted by atomic mass is 35.5. The van der Waals surface area contributed by atoms with E-state index in [-0.39, 0.29) is 18.0 Å². The molecule has 23 heavy (non-hydrogen) atoms. The Morgan fingerprint density at radius 1 is 1.30 bits per heavy atom. The maximum atomic E-state index is 12.1. The molecule has 7 heteroatoms. The van der Waals surface area contributed by atoms with E-state index < -0.39 is 0 Å². The van der Waals surface area contributed by atoms with Gasteiger partial charge in [-0.25, -0.2) is 4.98 Å². The minimum atomic E-state index is -0.204. The van der Waals surface area contributed by atoms with Crippen LogP contribution >= 0.6 is 11.6 Å². The van der Waals surface area contributed by atoms with Crippen molar-refractivity contribution in [1.29, 1.82) is 0 Å². The van der Waals surface area contributed by atoms with Crippen LogP contribution in [0, 0.1) is 0 Å². The molecule has 0 bridgehead atoms. The molecular formula is C16H21ClN4O2. The van der Waals surface area contributed by atoms with Gasteiger partial charge in [-0.1, -0.05) is 11.6 Å². The van der Waals surface area contributed by atoms with E-state index in [1.54, 1.807) is 23.1 Å². The molecular weight excluding hydrogens is 316 g/mol. The zero-order chi connectivity index (χ0) is 17.0. The summed E-state index contributed by atoms with van der Waals surface area (Å²) in [5.74, 6) is 0.572. The van der Waals surface area contributed by atoms with Crippen molar-refractivity contribution in [3.63, 3.8) is 0 Å². The van der Waals surface area contributed by atoms with Gasteiger partial charge in [0.15, 0.2) is 0 Å². The fourth-order valence-corrected chi connectivity index (χ4v) is 2.62. The smallest absolute Gasteiger partial charge is 0.258 e. The van der Waals surface area contributed by atoms with E-state index >= 15 is 0 Å². The van der Waals surface area contributed by atoms with Gasteiger partial charge in [-0.15, -0.1) is 0 Å². The number of hydrogen-bond donors (Lipinski definition) is 1. The number of likely N-dealkylation sites (N-methyl/N-ethyl adjacent to an activating group) is 2. The van der Waals surface area contributed by atoms with Gasteiger partial charge in [-0.05, 0) is 39.1 Å². The first kappa shape index (κ1) is 17.4. The van der Waals surface area contributed by atoms with Crippen LogP contribution in [-0.4, -0.2) is 52.4 Å². The van der Waals surface area contributed by atoms with Gasteiger partial charge in [0.1, 0.15) is 5.82 Å². The van der Waals surface area contributed by atoms with Crippen LogP contribution in [0.25, 0.3) is 10.9 Å². The van der Waals surface area contributed by atoms with Gasteiger partial charge in [-0.3, -0.25) is 14.5 Å². The Hall–Kier alpha value is -1.92. The molecule has 1 heterocycles. The van der Waals surface area contributed by atoms with E-state index in [9.17, 15) is 9.59 Å².